The monoisotopic (exact) mass is 475 g/mol. The maximum Gasteiger partial charge on any atom is 0.255 e. The van der Waals surface area contributed by atoms with Crippen LogP contribution in [0.4, 0.5) is 0 Å². The Morgan fingerprint density at radius 3 is 2.39 bits per heavy atom. The third kappa shape index (κ3) is 7.01. The summed E-state index contributed by atoms with van der Waals surface area (Å²) in [7, 11) is -3.49. The van der Waals surface area contributed by atoms with Crippen LogP contribution in [-0.2, 0) is 31.9 Å². The normalized spacial score (nSPS) is 14.5. The maximum atomic E-state index is 12.8. The van der Waals surface area contributed by atoms with Gasteiger partial charge in [-0.15, -0.1) is 0 Å². The number of rotatable bonds is 10. The summed E-state index contributed by atoms with van der Waals surface area (Å²) in [4.78, 5) is 24.7. The van der Waals surface area contributed by atoms with Crippen LogP contribution in [0.15, 0.2) is 48.5 Å². The van der Waals surface area contributed by atoms with Gasteiger partial charge in [-0.2, -0.15) is 4.31 Å². The molecule has 1 heterocycles. The van der Waals surface area contributed by atoms with Gasteiger partial charge in [0.1, 0.15) is 5.75 Å². The summed E-state index contributed by atoms with van der Waals surface area (Å²) in [6.45, 7) is 3.64. The summed E-state index contributed by atoms with van der Waals surface area (Å²) < 4.78 is 37.6. The molecule has 33 heavy (non-hydrogen) atoms. The Morgan fingerprint density at radius 1 is 1.00 bits per heavy atom. The number of nitrogens with one attached hydrogen (secondary N) is 2. The van der Waals surface area contributed by atoms with Crippen molar-refractivity contribution in [1.82, 2.24) is 14.9 Å². The second-order valence-electron chi connectivity index (χ2n) is 7.42. The highest BCUT2D eigenvalue weighted by Gasteiger charge is 2.25. The van der Waals surface area contributed by atoms with Crippen LogP contribution in [0.1, 0.15) is 28.4 Å². The zero-order valence-electron chi connectivity index (χ0n) is 18.6. The Hall–Kier alpha value is -2.95. The fourth-order valence-electron chi connectivity index (χ4n) is 3.43. The van der Waals surface area contributed by atoms with Gasteiger partial charge in [-0.25, -0.2) is 8.42 Å². The molecule has 9 nitrogen and oxygen atoms in total. The van der Waals surface area contributed by atoms with Gasteiger partial charge in [0.05, 0.1) is 37.7 Å². The number of hydrogen-bond acceptors (Lipinski definition) is 6. The van der Waals surface area contributed by atoms with E-state index in [0.717, 1.165) is 0 Å². The first-order valence-electron chi connectivity index (χ1n) is 10.8. The zero-order chi connectivity index (χ0) is 23.7. The van der Waals surface area contributed by atoms with Gasteiger partial charge >= 0.3 is 0 Å². The summed E-state index contributed by atoms with van der Waals surface area (Å²) in [5.74, 6) is -0.494. The number of benzene rings is 2. The van der Waals surface area contributed by atoms with Crippen LogP contribution in [-0.4, -0.2) is 64.0 Å². The molecule has 0 aromatic heterocycles. The molecule has 2 aromatic rings. The van der Waals surface area contributed by atoms with Crippen LogP contribution in [0.3, 0.4) is 0 Å². The van der Waals surface area contributed by atoms with Gasteiger partial charge in [0.15, 0.2) is 0 Å². The molecule has 0 saturated carbocycles. The van der Waals surface area contributed by atoms with Crippen LogP contribution in [0.5, 0.6) is 5.75 Å². The average Bonchev–Trinajstić information content (AvgIpc) is 2.83. The lowest BCUT2D eigenvalue weighted by molar-refractivity contribution is -0.120. The van der Waals surface area contributed by atoms with Gasteiger partial charge in [0, 0.05) is 19.6 Å². The molecule has 1 saturated heterocycles. The highest BCUT2D eigenvalue weighted by molar-refractivity contribution is 7.88. The largest absolute Gasteiger partial charge is 0.493 e. The molecule has 2 aromatic carbocycles. The minimum Gasteiger partial charge on any atom is -0.493 e. The highest BCUT2D eigenvalue weighted by atomic mass is 32.2. The number of carbonyl (C=O) groups excluding carboxylic acids is 2. The number of amides is 2. The lowest BCUT2D eigenvalue weighted by Crippen LogP contribution is -2.41. The Kier molecular flexibility index (Phi) is 8.81. The van der Waals surface area contributed by atoms with Crippen molar-refractivity contribution in [2.24, 2.45) is 0 Å². The third-order valence-electron chi connectivity index (χ3n) is 5.14. The molecular formula is C23H29N3O6S. The fourth-order valence-corrected chi connectivity index (χ4v) is 4.99. The van der Waals surface area contributed by atoms with E-state index in [1.165, 1.54) is 4.31 Å². The molecule has 0 atom stereocenters. The molecular weight excluding hydrogens is 446 g/mol. The van der Waals surface area contributed by atoms with Crippen LogP contribution in [0.2, 0.25) is 0 Å². The lowest BCUT2D eigenvalue weighted by atomic mass is 10.1. The van der Waals surface area contributed by atoms with Gasteiger partial charge in [0.2, 0.25) is 15.9 Å². The molecule has 0 radical (unpaired) electrons. The van der Waals surface area contributed by atoms with Gasteiger partial charge in [0.25, 0.3) is 5.91 Å². The molecule has 2 N–H and O–H groups in total. The second-order valence-corrected chi connectivity index (χ2v) is 9.39. The van der Waals surface area contributed by atoms with E-state index in [1.807, 2.05) is 6.92 Å². The Labute approximate surface area is 194 Å². The third-order valence-corrected chi connectivity index (χ3v) is 6.96. The first-order valence-corrected chi connectivity index (χ1v) is 12.4. The molecule has 3 rings (SSSR count). The van der Waals surface area contributed by atoms with E-state index in [2.05, 4.69) is 10.6 Å². The molecule has 10 heteroatoms. The number of sulfonamides is 1. The van der Waals surface area contributed by atoms with Crippen LogP contribution >= 0.6 is 0 Å². The summed E-state index contributed by atoms with van der Waals surface area (Å²) in [5, 5.41) is 5.32. The molecule has 0 unspecified atom stereocenters. The van der Waals surface area contributed by atoms with Gasteiger partial charge in [-0.1, -0.05) is 36.4 Å². The smallest absolute Gasteiger partial charge is 0.255 e. The number of carbonyl (C=O) groups is 2. The summed E-state index contributed by atoms with van der Waals surface area (Å²) in [6.07, 6.45) is 0. The maximum absolute atomic E-state index is 12.8. The van der Waals surface area contributed by atoms with E-state index in [4.69, 9.17) is 9.47 Å². The topological polar surface area (TPSA) is 114 Å². The van der Waals surface area contributed by atoms with Crippen LogP contribution in [0, 0.1) is 0 Å². The van der Waals surface area contributed by atoms with Crippen molar-refractivity contribution in [2.45, 2.75) is 19.2 Å². The Morgan fingerprint density at radius 2 is 1.67 bits per heavy atom. The minimum atomic E-state index is -3.49. The van der Waals surface area contributed by atoms with Crippen molar-refractivity contribution in [3.05, 3.63) is 65.2 Å². The van der Waals surface area contributed by atoms with E-state index in [1.54, 1.807) is 48.5 Å². The van der Waals surface area contributed by atoms with E-state index in [-0.39, 0.29) is 24.7 Å². The number of nitrogens with zero attached hydrogens (tertiary/aromatic N) is 1. The molecule has 1 aliphatic heterocycles. The van der Waals surface area contributed by atoms with Crippen LogP contribution < -0.4 is 15.4 Å². The summed E-state index contributed by atoms with van der Waals surface area (Å²) in [5.41, 5.74) is 1.68. The molecule has 0 spiro atoms. The Balaban J connectivity index is 1.55. The number of hydrogen-bond donors (Lipinski definition) is 2. The molecule has 178 valence electrons. The molecule has 2 amide bonds. The molecule has 0 bridgehead atoms. The zero-order valence-corrected chi connectivity index (χ0v) is 19.4. The van der Waals surface area contributed by atoms with E-state index >= 15 is 0 Å². The van der Waals surface area contributed by atoms with Crippen molar-refractivity contribution in [3.63, 3.8) is 0 Å². The van der Waals surface area contributed by atoms with Crippen LogP contribution in [0.25, 0.3) is 0 Å². The van der Waals surface area contributed by atoms with Gasteiger partial charge in [-0.3, -0.25) is 9.59 Å². The highest BCUT2D eigenvalue weighted by Crippen LogP contribution is 2.18. The summed E-state index contributed by atoms with van der Waals surface area (Å²) >= 11 is 0. The molecule has 1 fully saturated rings. The fraction of sp³-hybridized carbons (Fsp3) is 0.391. The SMILES string of the molecule is CCOc1ccccc1C(=O)NCC(=O)NCc1ccccc1CS(=O)(=O)N1CCOCC1. The van der Waals surface area contributed by atoms with Crippen molar-refractivity contribution in [2.75, 3.05) is 39.5 Å². The predicted octanol–water partition coefficient (Wildman–Crippen LogP) is 1.29. The van der Waals surface area contributed by atoms with E-state index in [0.29, 0.717) is 55.4 Å². The molecule has 1 aliphatic rings. The Bertz CT molecular complexity index is 1070. The average molecular weight is 476 g/mol. The van der Waals surface area contributed by atoms with E-state index < -0.39 is 15.9 Å². The number of ether oxygens (including phenoxy) is 2. The predicted molar refractivity (Wildman–Crippen MR) is 123 cm³/mol. The van der Waals surface area contributed by atoms with Crippen molar-refractivity contribution in [3.8, 4) is 5.75 Å². The van der Waals surface area contributed by atoms with E-state index in [9.17, 15) is 18.0 Å². The first kappa shape index (κ1) is 24.7. The quantitative estimate of drug-likeness (QED) is 0.535. The minimum absolute atomic E-state index is 0.149. The lowest BCUT2D eigenvalue weighted by Gasteiger charge is -2.26. The number of para-hydroxylation sites is 1. The van der Waals surface area contributed by atoms with Crippen molar-refractivity contribution in [1.29, 1.82) is 0 Å². The van der Waals surface area contributed by atoms with Crippen molar-refractivity contribution >= 4 is 21.8 Å². The summed E-state index contributed by atoms with van der Waals surface area (Å²) in [6, 6.07) is 13.9. The first-order chi connectivity index (χ1) is 15.9. The van der Waals surface area contributed by atoms with Gasteiger partial charge in [-0.05, 0) is 30.2 Å². The second kappa shape index (κ2) is 11.8. The standard InChI is InChI=1S/C23H29N3O6S/c1-2-32-21-10-6-5-9-20(21)23(28)25-16-22(27)24-15-18-7-3-4-8-19(18)17-33(29,30)26-11-13-31-14-12-26/h3-10H,2,11-17H2,1H3,(H,24,27)(H,25,28). The number of morpholine rings is 1. The van der Waals surface area contributed by atoms with Gasteiger partial charge < -0.3 is 20.1 Å². The molecule has 0 aliphatic carbocycles. The van der Waals surface area contributed by atoms with Crippen molar-refractivity contribution < 1.29 is 27.5 Å².